The van der Waals surface area contributed by atoms with Crippen LogP contribution in [0.2, 0.25) is 0 Å². The fourth-order valence-corrected chi connectivity index (χ4v) is 20.6. The molecular formula is C134H152Cl6OZr3. The van der Waals surface area contributed by atoms with E-state index >= 15 is 0 Å². The van der Waals surface area contributed by atoms with Crippen LogP contribution in [-0.4, -0.2) is 12.2 Å². The number of ether oxygens (including phenoxy) is 1. The van der Waals surface area contributed by atoms with Crippen LogP contribution in [-0.2, 0) is 97.4 Å². The Morgan fingerprint density at radius 2 is 0.708 bits per heavy atom. The Kier molecular flexibility index (Phi) is 48.6. The predicted molar refractivity (Wildman–Crippen MR) is 627 cm³/mol. The molecule has 2 atom stereocenters. The number of fused-ring (bicyclic) bond motifs is 16. The number of rotatable bonds is 23. The summed E-state index contributed by atoms with van der Waals surface area (Å²) in [6, 6.07) is 118. The van der Waals surface area contributed by atoms with Crippen molar-refractivity contribution in [3.63, 3.8) is 0 Å². The van der Waals surface area contributed by atoms with Gasteiger partial charge in [-0.1, -0.05) is 418 Å². The van der Waals surface area contributed by atoms with Crippen molar-refractivity contribution < 1.29 is 67.3 Å². The molecule has 0 aromatic heterocycles. The Morgan fingerprint density at radius 3 is 1.12 bits per heavy atom. The van der Waals surface area contributed by atoms with Crippen LogP contribution in [0.25, 0.3) is 93.0 Å². The SMILES string of the molecule is CC(C)(C)OCCCCCC1=CC(CC2c3ccccc3-c3ccccc32)C=C1.CC(C)(C)c1ccc2c(c1)[cH-]c1cc(C(C)(C)C)ccc12.CC1=Cc2ccccc2C1CC1c2ccccc2-c2ccccc21.CCCCCCc1ccc2c(c1)[cH-]c1ccccc12.CCCCCCc1ccc2c(c1)[cH-]c1ccccc12.CCCCc1cc[cH-]c1.Cc1[cH-]c(C)c(C)c1C.[Cl][Zr+2][Cl].[Cl][Zr+2][Cl].[Cl][Zr+2][Cl].c1cc[cH-]c1. The summed E-state index contributed by atoms with van der Waals surface area (Å²) in [7, 11) is 29.6. The monoisotopic (exact) mass is 2260 g/mol. The van der Waals surface area contributed by atoms with Gasteiger partial charge >= 0.3 is 114 Å². The molecule has 10 heteroatoms. The molecule has 4 aliphatic carbocycles. The molecule has 144 heavy (non-hydrogen) atoms. The molecule has 17 aromatic rings. The van der Waals surface area contributed by atoms with E-state index in [1.807, 2.05) is 30.3 Å². The van der Waals surface area contributed by atoms with Crippen molar-refractivity contribution in [1.82, 2.24) is 0 Å². The minimum absolute atomic E-state index is 0.0125. The third-order valence-corrected chi connectivity index (χ3v) is 28.6. The second kappa shape index (κ2) is 59.9. The first-order chi connectivity index (χ1) is 69.6. The van der Waals surface area contributed by atoms with E-state index < -0.39 is 62.5 Å². The van der Waals surface area contributed by atoms with Crippen molar-refractivity contribution in [1.29, 1.82) is 0 Å². The van der Waals surface area contributed by atoms with Gasteiger partial charge in [-0.05, 0) is 158 Å². The Labute approximate surface area is 922 Å². The number of allylic oxidation sites excluding steroid dienone is 5. The summed E-state index contributed by atoms with van der Waals surface area (Å²) in [6.45, 7) is 38.6. The van der Waals surface area contributed by atoms with Crippen molar-refractivity contribution >= 4 is 122 Å². The third-order valence-electron chi connectivity index (χ3n) is 28.6. The second-order valence-corrected chi connectivity index (χ2v) is 53.2. The molecule has 0 bridgehead atoms. The predicted octanol–water partition coefficient (Wildman–Crippen LogP) is 43.0. The molecule has 0 N–H and O–H groups in total. The van der Waals surface area contributed by atoms with E-state index in [0.717, 1.165) is 19.4 Å². The summed E-state index contributed by atoms with van der Waals surface area (Å²) < 4.78 is 5.82. The van der Waals surface area contributed by atoms with Gasteiger partial charge in [0.1, 0.15) is 0 Å². The summed E-state index contributed by atoms with van der Waals surface area (Å²) in [5.74, 6) is 2.10. The standard InChI is InChI=1S/C28H34O.C24H20.C21H25.2C19H21.2C9H13.C5H5.6ClH.3Zr/c1-28(2,3)29-18-10-4-5-11-21-16-17-22(19-21)20-27-25-14-8-6-12-23(25)24-13-7-9-15-26(24)27;1-16-14-17-8-2-3-9-18(17)23(16)15-24-21-12-6-4-10-19(21)20-11-5-7-13-22(20)24;1-20(2,3)16-7-9-18-14(12-16)11-15-13-17(21(4,5)6)8-10-19(15)18;2*1-2-3-4-5-8-15-11-12-19-17(13-15)14-16-9-6-7-10-18(16)19;1-6-5-7(2)9(4)8(6)3;1-2-3-6-9-7-4-5-8-9;1-2-4-5-3-1;;;;;;;;;/h6-9,12-17,19,22,27H,4-5,10-11,18,20H2,1-3H3;2-14,23-24H,15H2,1H3;7-13H,1-6H3;2*6-7,9-14H,2-5,8H2,1H3;5H,1-4H3;4-5,7-8H,2-3,6H2,1H3;1-5H;6*1H;;;/q;;6*-1;;;;;;;3*+4/p-6. The van der Waals surface area contributed by atoms with Crippen molar-refractivity contribution in [3.05, 3.63) is 434 Å². The maximum absolute atomic E-state index is 5.82. The van der Waals surface area contributed by atoms with E-state index in [9.17, 15) is 0 Å². The molecule has 748 valence electrons. The van der Waals surface area contributed by atoms with Gasteiger partial charge in [0.25, 0.3) is 0 Å². The molecule has 2 unspecified atom stereocenters. The van der Waals surface area contributed by atoms with E-state index in [1.54, 1.807) is 0 Å². The zero-order valence-electron chi connectivity index (χ0n) is 88.5. The zero-order chi connectivity index (χ0) is 103. The molecule has 17 aromatic carbocycles. The molecule has 0 saturated carbocycles. The molecule has 21 rings (SSSR count). The summed E-state index contributed by atoms with van der Waals surface area (Å²) in [6.07, 6.45) is 33.9. The summed E-state index contributed by atoms with van der Waals surface area (Å²) in [4.78, 5) is 0. The van der Waals surface area contributed by atoms with Crippen LogP contribution >= 0.6 is 51.1 Å². The normalized spacial score (nSPS) is 13.3. The largest absolute Gasteiger partial charge is 0.214 e. The van der Waals surface area contributed by atoms with E-state index in [2.05, 4.69) is 433 Å². The molecule has 0 fully saturated rings. The quantitative estimate of drug-likeness (QED) is 0.0458. The second-order valence-electron chi connectivity index (χ2n) is 42.0. The first-order valence-electron chi connectivity index (χ1n) is 52.5. The average molecular weight is 2270 g/mol. The van der Waals surface area contributed by atoms with Crippen LogP contribution in [0.3, 0.4) is 0 Å². The first kappa shape index (κ1) is 117. The van der Waals surface area contributed by atoms with Gasteiger partial charge in [0.15, 0.2) is 0 Å². The molecule has 1 nitrogen and oxygen atoms in total. The van der Waals surface area contributed by atoms with Gasteiger partial charge in [0, 0.05) is 24.4 Å². The van der Waals surface area contributed by atoms with Gasteiger partial charge in [-0.3, -0.25) is 0 Å². The summed E-state index contributed by atoms with van der Waals surface area (Å²) >= 11 is -2.48. The third kappa shape index (κ3) is 34.3. The first-order valence-corrected chi connectivity index (χ1v) is 71.5. The van der Waals surface area contributed by atoms with Crippen LogP contribution in [0.4, 0.5) is 0 Å². The number of aryl methyl sites for hydroxylation is 5. The maximum Gasteiger partial charge on any atom is -0.172 e. The van der Waals surface area contributed by atoms with E-state index in [1.165, 1.54) is 291 Å². The number of hydrogen-bond donors (Lipinski definition) is 0. The van der Waals surface area contributed by atoms with Crippen LogP contribution in [0.5, 0.6) is 0 Å². The minimum atomic E-state index is -0.826. The molecule has 0 amide bonds. The van der Waals surface area contributed by atoms with E-state index in [0.29, 0.717) is 23.7 Å². The molecular weight excluding hydrogens is 2110 g/mol. The van der Waals surface area contributed by atoms with Crippen molar-refractivity contribution in [2.45, 2.75) is 274 Å². The van der Waals surface area contributed by atoms with Crippen molar-refractivity contribution in [2.75, 3.05) is 6.61 Å². The van der Waals surface area contributed by atoms with Gasteiger partial charge in [-0.25, -0.2) is 18.2 Å². The molecule has 4 aliphatic rings. The number of hydrogen-bond acceptors (Lipinski definition) is 1. The fourth-order valence-electron chi connectivity index (χ4n) is 20.6. The molecule has 0 heterocycles. The number of unbranched alkanes of at least 4 members (excludes halogenated alkanes) is 9. The smallest absolute Gasteiger partial charge is 0.172 e. The van der Waals surface area contributed by atoms with Crippen LogP contribution in [0, 0.1) is 33.6 Å². The minimum Gasteiger partial charge on any atom is -0.214 e. The number of benzene rings is 11. The van der Waals surface area contributed by atoms with Gasteiger partial charge in [0.05, 0.1) is 5.60 Å². The molecule has 0 saturated heterocycles. The van der Waals surface area contributed by atoms with Gasteiger partial charge < -0.3 is 4.74 Å². The van der Waals surface area contributed by atoms with Gasteiger partial charge in [-0.15, -0.1) is 119 Å². The maximum atomic E-state index is 5.82. The Bertz CT molecular complexity index is 6490. The summed E-state index contributed by atoms with van der Waals surface area (Å²) in [5, 5.41) is 16.6. The zero-order valence-corrected chi connectivity index (χ0v) is 100. The van der Waals surface area contributed by atoms with Crippen molar-refractivity contribution in [2.24, 2.45) is 5.92 Å². The topological polar surface area (TPSA) is 9.23 Å². The Hall–Kier alpha value is -7.35. The van der Waals surface area contributed by atoms with Gasteiger partial charge in [-0.2, -0.15) is 70.3 Å². The van der Waals surface area contributed by atoms with Crippen LogP contribution in [0.1, 0.15) is 294 Å². The van der Waals surface area contributed by atoms with E-state index in [4.69, 9.17) is 55.8 Å². The van der Waals surface area contributed by atoms with Crippen molar-refractivity contribution in [3.8, 4) is 22.3 Å². The Morgan fingerprint density at radius 1 is 0.326 bits per heavy atom. The molecule has 0 radical (unpaired) electrons. The van der Waals surface area contributed by atoms with Crippen LogP contribution < -0.4 is 0 Å². The number of halogens is 6. The van der Waals surface area contributed by atoms with Gasteiger partial charge in [0.2, 0.25) is 0 Å². The average Bonchev–Trinajstić information content (AvgIpc) is 1.61. The summed E-state index contributed by atoms with van der Waals surface area (Å²) in [5.41, 5.74) is 31.0. The fraction of sp³-hybridized carbons (Fsp3) is 0.328. The van der Waals surface area contributed by atoms with Crippen LogP contribution in [0.15, 0.2) is 351 Å². The Balaban J connectivity index is 0.000000160. The molecule has 0 aliphatic heterocycles. The molecule has 0 spiro atoms. The van der Waals surface area contributed by atoms with E-state index in [-0.39, 0.29) is 16.4 Å².